The highest BCUT2D eigenvalue weighted by atomic mass is 16.4. The summed E-state index contributed by atoms with van der Waals surface area (Å²) in [5.41, 5.74) is 0.463. The van der Waals surface area contributed by atoms with E-state index in [1.165, 1.54) is 12.1 Å². The summed E-state index contributed by atoms with van der Waals surface area (Å²) in [4.78, 5) is 34.7. The first-order valence-electron chi connectivity index (χ1n) is 4.88. The van der Waals surface area contributed by atoms with E-state index in [0.29, 0.717) is 0 Å². The lowest BCUT2D eigenvalue weighted by Gasteiger charge is -2.15. The molecule has 17 heavy (non-hydrogen) atoms. The fourth-order valence-electron chi connectivity index (χ4n) is 1.66. The average molecular weight is 235 g/mol. The van der Waals surface area contributed by atoms with Gasteiger partial charge in [0.2, 0.25) is 0 Å². The van der Waals surface area contributed by atoms with Gasteiger partial charge < -0.3 is 10.2 Å². The molecule has 6 nitrogen and oxygen atoms in total. The van der Waals surface area contributed by atoms with Crippen LogP contribution in [-0.2, 0) is 4.79 Å². The first-order chi connectivity index (χ1) is 8.02. The van der Waals surface area contributed by atoms with Crippen LogP contribution in [0.1, 0.15) is 20.7 Å². The fourth-order valence-corrected chi connectivity index (χ4v) is 1.66. The summed E-state index contributed by atoms with van der Waals surface area (Å²) in [6.07, 6.45) is -1.77. The highest BCUT2D eigenvalue weighted by Crippen LogP contribution is 2.22. The van der Waals surface area contributed by atoms with E-state index in [1.807, 2.05) is 0 Å². The van der Waals surface area contributed by atoms with Crippen LogP contribution in [0, 0.1) is 0 Å². The number of fused-ring (bicyclic) bond motifs is 1. The van der Waals surface area contributed by atoms with Crippen molar-refractivity contribution in [3.8, 4) is 0 Å². The molecule has 1 heterocycles. The summed E-state index contributed by atoms with van der Waals surface area (Å²) >= 11 is 0. The summed E-state index contributed by atoms with van der Waals surface area (Å²) in [6, 6.07) is 6.20. The summed E-state index contributed by atoms with van der Waals surface area (Å²) in [6.45, 7) is -0.540. The maximum Gasteiger partial charge on any atom is 0.334 e. The van der Waals surface area contributed by atoms with Crippen molar-refractivity contribution in [3.05, 3.63) is 35.4 Å². The van der Waals surface area contributed by atoms with Crippen molar-refractivity contribution in [3.63, 3.8) is 0 Å². The Morgan fingerprint density at radius 1 is 1.18 bits per heavy atom. The number of carboxylic acids is 1. The molecule has 0 saturated carbocycles. The largest absolute Gasteiger partial charge is 0.479 e. The Balaban J connectivity index is 2.27. The van der Waals surface area contributed by atoms with Crippen LogP contribution >= 0.6 is 0 Å². The van der Waals surface area contributed by atoms with Crippen molar-refractivity contribution in [2.24, 2.45) is 0 Å². The number of benzene rings is 1. The molecule has 0 spiro atoms. The van der Waals surface area contributed by atoms with E-state index in [2.05, 4.69) is 0 Å². The Kier molecular flexibility index (Phi) is 2.64. The summed E-state index contributed by atoms with van der Waals surface area (Å²) in [7, 11) is 0. The van der Waals surface area contributed by atoms with E-state index < -0.39 is 30.4 Å². The van der Waals surface area contributed by atoms with Gasteiger partial charge in [-0.3, -0.25) is 14.5 Å². The molecule has 2 amide bonds. The van der Waals surface area contributed by atoms with E-state index in [1.54, 1.807) is 12.1 Å². The molecule has 6 heteroatoms. The predicted octanol–water partition coefficient (Wildman–Crippen LogP) is -0.272. The Hall–Kier alpha value is -2.21. The summed E-state index contributed by atoms with van der Waals surface area (Å²) < 4.78 is 0. The zero-order chi connectivity index (χ0) is 12.6. The monoisotopic (exact) mass is 235 g/mol. The summed E-state index contributed by atoms with van der Waals surface area (Å²) in [5, 5.41) is 17.7. The lowest BCUT2D eigenvalue weighted by molar-refractivity contribution is -0.146. The number of aliphatic hydroxyl groups is 1. The zero-order valence-electron chi connectivity index (χ0n) is 8.66. The van der Waals surface area contributed by atoms with Crippen molar-refractivity contribution < 1.29 is 24.6 Å². The molecule has 1 aliphatic rings. The third kappa shape index (κ3) is 1.78. The minimum Gasteiger partial charge on any atom is -0.479 e. The van der Waals surface area contributed by atoms with Gasteiger partial charge in [-0.1, -0.05) is 12.1 Å². The Morgan fingerprint density at radius 2 is 1.65 bits per heavy atom. The lowest BCUT2D eigenvalue weighted by Crippen LogP contribution is -2.40. The van der Waals surface area contributed by atoms with Gasteiger partial charge in [-0.05, 0) is 12.1 Å². The number of amides is 2. The number of aliphatic carboxylic acids is 1. The lowest BCUT2D eigenvalue weighted by atomic mass is 10.1. The fraction of sp³-hybridized carbons (Fsp3) is 0.182. The first-order valence-corrected chi connectivity index (χ1v) is 4.88. The van der Waals surface area contributed by atoms with Gasteiger partial charge in [-0.25, -0.2) is 4.79 Å². The second-order valence-electron chi connectivity index (χ2n) is 3.62. The number of β-amino-alcohol motifs (C(OH)–C–C–N with tert-alkyl or cyclic N) is 1. The highest BCUT2D eigenvalue weighted by Gasteiger charge is 2.37. The number of rotatable bonds is 3. The van der Waals surface area contributed by atoms with Crippen molar-refractivity contribution in [2.45, 2.75) is 6.10 Å². The van der Waals surface area contributed by atoms with Crippen LogP contribution in [0.15, 0.2) is 24.3 Å². The van der Waals surface area contributed by atoms with Crippen molar-refractivity contribution in [1.29, 1.82) is 0 Å². The molecule has 0 aliphatic carbocycles. The second-order valence-corrected chi connectivity index (χ2v) is 3.62. The number of carboxylic acid groups (broad SMARTS) is 1. The molecule has 2 rings (SSSR count). The molecule has 1 aromatic rings. The Morgan fingerprint density at radius 3 is 2.06 bits per heavy atom. The van der Waals surface area contributed by atoms with Gasteiger partial charge in [0.15, 0.2) is 6.10 Å². The minimum absolute atomic E-state index is 0.232. The molecule has 1 aromatic carbocycles. The highest BCUT2D eigenvalue weighted by molar-refractivity contribution is 6.21. The van der Waals surface area contributed by atoms with Gasteiger partial charge in [-0.2, -0.15) is 0 Å². The Labute approximate surface area is 96.1 Å². The third-order valence-electron chi connectivity index (χ3n) is 2.52. The first kappa shape index (κ1) is 11.3. The van der Waals surface area contributed by atoms with E-state index >= 15 is 0 Å². The number of carbonyl (C=O) groups excluding carboxylic acids is 2. The van der Waals surface area contributed by atoms with Gasteiger partial charge in [0.1, 0.15) is 0 Å². The number of carbonyl (C=O) groups is 3. The van der Waals surface area contributed by atoms with Crippen LogP contribution in [0.3, 0.4) is 0 Å². The Bertz CT molecular complexity index is 475. The van der Waals surface area contributed by atoms with E-state index in [0.717, 1.165) is 4.90 Å². The average Bonchev–Trinajstić information content (AvgIpc) is 2.55. The van der Waals surface area contributed by atoms with Gasteiger partial charge in [0.05, 0.1) is 17.7 Å². The molecule has 2 N–H and O–H groups in total. The number of aliphatic hydroxyl groups excluding tert-OH is 1. The SMILES string of the molecule is O=C(O)[C@H](O)CN1C(=O)c2ccccc2C1=O. The number of hydrogen-bond donors (Lipinski definition) is 2. The van der Waals surface area contributed by atoms with Gasteiger partial charge in [0.25, 0.3) is 11.8 Å². The maximum atomic E-state index is 11.8. The van der Waals surface area contributed by atoms with Crippen LogP contribution in [0.5, 0.6) is 0 Å². The third-order valence-corrected chi connectivity index (χ3v) is 2.52. The van der Waals surface area contributed by atoms with Gasteiger partial charge in [-0.15, -0.1) is 0 Å². The van der Waals surface area contributed by atoms with Crippen LogP contribution in [0.2, 0.25) is 0 Å². The second kappa shape index (κ2) is 3.99. The van der Waals surface area contributed by atoms with Crippen molar-refractivity contribution >= 4 is 17.8 Å². The molecule has 0 unspecified atom stereocenters. The van der Waals surface area contributed by atoms with Crippen LogP contribution < -0.4 is 0 Å². The smallest absolute Gasteiger partial charge is 0.334 e. The van der Waals surface area contributed by atoms with Gasteiger partial charge in [0, 0.05) is 0 Å². The number of imide groups is 1. The van der Waals surface area contributed by atoms with E-state index in [-0.39, 0.29) is 11.1 Å². The van der Waals surface area contributed by atoms with Crippen molar-refractivity contribution in [2.75, 3.05) is 6.54 Å². The molecule has 88 valence electrons. The topological polar surface area (TPSA) is 94.9 Å². The number of nitrogens with zero attached hydrogens (tertiary/aromatic N) is 1. The van der Waals surface area contributed by atoms with Gasteiger partial charge >= 0.3 is 5.97 Å². The minimum atomic E-state index is -1.77. The molecular weight excluding hydrogens is 226 g/mol. The summed E-state index contributed by atoms with van der Waals surface area (Å²) in [5.74, 6) is -2.63. The molecule has 0 bridgehead atoms. The number of hydrogen-bond acceptors (Lipinski definition) is 4. The van der Waals surface area contributed by atoms with E-state index in [4.69, 9.17) is 10.2 Å². The molecule has 1 atom stereocenters. The molecule has 0 aromatic heterocycles. The normalized spacial score (nSPS) is 15.9. The quantitative estimate of drug-likeness (QED) is 0.703. The molecular formula is C11H9NO5. The predicted molar refractivity (Wildman–Crippen MR) is 55.5 cm³/mol. The molecule has 0 fully saturated rings. The standard InChI is InChI=1S/C11H9NO5/c13-8(11(16)17)5-12-9(14)6-3-1-2-4-7(6)10(12)15/h1-4,8,13H,5H2,(H,16,17)/t8-/m1/s1. The van der Waals surface area contributed by atoms with Crippen LogP contribution in [0.4, 0.5) is 0 Å². The molecule has 0 saturated heterocycles. The van der Waals surface area contributed by atoms with Crippen molar-refractivity contribution in [1.82, 2.24) is 4.90 Å². The van der Waals surface area contributed by atoms with Crippen LogP contribution in [0.25, 0.3) is 0 Å². The zero-order valence-corrected chi connectivity index (χ0v) is 8.66. The van der Waals surface area contributed by atoms with Crippen LogP contribution in [-0.4, -0.2) is 45.5 Å². The molecule has 0 radical (unpaired) electrons. The molecule has 1 aliphatic heterocycles. The maximum absolute atomic E-state index is 11.8. The van der Waals surface area contributed by atoms with E-state index in [9.17, 15) is 14.4 Å².